The molecule has 0 atom stereocenters. The molecular weight excluding hydrogens is 154 g/mol. The Morgan fingerprint density at radius 1 is 1.73 bits per heavy atom. The van der Waals surface area contributed by atoms with Crippen molar-refractivity contribution in [1.29, 1.82) is 0 Å². The molecule has 1 aromatic rings. The summed E-state index contributed by atoms with van der Waals surface area (Å²) in [6.07, 6.45) is 6.72. The third-order valence-corrected chi connectivity index (χ3v) is 2.38. The summed E-state index contributed by atoms with van der Waals surface area (Å²) in [6.45, 7) is 5.74. The molecule has 11 heavy (non-hydrogen) atoms. The normalized spacial score (nSPS) is 10.6. The lowest BCUT2D eigenvalue weighted by Gasteiger charge is -1.88. The predicted molar refractivity (Wildman–Crippen MR) is 50.7 cm³/mol. The van der Waals surface area contributed by atoms with Gasteiger partial charge in [-0.2, -0.15) is 0 Å². The van der Waals surface area contributed by atoms with Crippen LogP contribution in [0.2, 0.25) is 0 Å². The minimum Gasteiger partial charge on any atom is -0.245 e. The molecule has 0 saturated heterocycles. The van der Waals surface area contributed by atoms with Gasteiger partial charge in [0.1, 0.15) is 0 Å². The summed E-state index contributed by atoms with van der Waals surface area (Å²) in [6, 6.07) is 0. The van der Waals surface area contributed by atoms with E-state index in [4.69, 9.17) is 0 Å². The molecule has 0 bridgehead atoms. The third-order valence-electron chi connectivity index (χ3n) is 1.38. The lowest BCUT2D eigenvalue weighted by molar-refractivity contribution is 1.16. The quantitative estimate of drug-likeness (QED) is 0.627. The second-order valence-electron chi connectivity index (χ2n) is 2.11. The lowest BCUT2D eigenvalue weighted by Crippen LogP contribution is -1.78. The van der Waals surface area contributed by atoms with E-state index in [0.29, 0.717) is 0 Å². The Morgan fingerprint density at radius 2 is 2.55 bits per heavy atom. The molecule has 1 nitrogen and oxygen atoms in total. The van der Waals surface area contributed by atoms with Gasteiger partial charge in [-0.3, -0.25) is 0 Å². The van der Waals surface area contributed by atoms with E-state index in [1.165, 1.54) is 4.88 Å². The summed E-state index contributed by atoms with van der Waals surface area (Å²) >= 11 is 1.70. The average molecular weight is 165 g/mol. The number of aromatic nitrogens is 1. The van der Waals surface area contributed by atoms with Crippen molar-refractivity contribution in [3.05, 3.63) is 34.8 Å². The molecule has 0 fully saturated rings. The smallest absolute Gasteiger partial charge is 0.0801 e. The fourth-order valence-corrected chi connectivity index (χ4v) is 1.54. The first kappa shape index (κ1) is 8.21. The highest BCUT2D eigenvalue weighted by Crippen LogP contribution is 2.14. The Hall–Kier alpha value is -0.890. The molecule has 0 spiro atoms. The summed E-state index contributed by atoms with van der Waals surface area (Å²) in [4.78, 5) is 5.54. The van der Waals surface area contributed by atoms with E-state index in [-0.39, 0.29) is 0 Å². The Balaban J connectivity index is 2.84. The van der Waals surface area contributed by atoms with Crippen LogP contribution in [0.1, 0.15) is 17.5 Å². The predicted octanol–water partition coefficient (Wildman–Crippen LogP) is 2.90. The summed E-state index contributed by atoms with van der Waals surface area (Å²) in [5.41, 5.74) is 2.96. The maximum atomic E-state index is 4.21. The lowest BCUT2D eigenvalue weighted by atomic mass is 10.3. The first-order chi connectivity index (χ1) is 5.38. The van der Waals surface area contributed by atoms with E-state index in [2.05, 4.69) is 18.5 Å². The molecule has 0 saturated carbocycles. The molecule has 0 aromatic carbocycles. The van der Waals surface area contributed by atoms with Crippen molar-refractivity contribution in [2.75, 3.05) is 0 Å². The van der Waals surface area contributed by atoms with E-state index in [1.54, 1.807) is 17.4 Å². The molecule has 0 aliphatic rings. The van der Waals surface area contributed by atoms with E-state index in [9.17, 15) is 0 Å². The third kappa shape index (κ3) is 2.02. The van der Waals surface area contributed by atoms with Gasteiger partial charge in [-0.25, -0.2) is 4.98 Å². The largest absolute Gasteiger partial charge is 0.245 e. The highest BCUT2D eigenvalue weighted by molar-refractivity contribution is 7.09. The SMILES string of the molecule is C=C/C=C\c1ncsc1CC. The molecule has 0 aliphatic heterocycles. The van der Waals surface area contributed by atoms with Gasteiger partial charge < -0.3 is 0 Å². The molecule has 58 valence electrons. The van der Waals surface area contributed by atoms with E-state index in [0.717, 1.165) is 12.1 Å². The Bertz CT molecular complexity index is 260. The molecule has 0 N–H and O–H groups in total. The van der Waals surface area contributed by atoms with Crippen molar-refractivity contribution in [3.63, 3.8) is 0 Å². The van der Waals surface area contributed by atoms with Crippen molar-refractivity contribution >= 4 is 17.4 Å². The summed E-state index contributed by atoms with van der Waals surface area (Å²) in [7, 11) is 0. The number of allylic oxidation sites excluding steroid dienone is 2. The molecule has 2 heteroatoms. The molecule has 1 heterocycles. The van der Waals surface area contributed by atoms with Crippen molar-refractivity contribution < 1.29 is 0 Å². The van der Waals surface area contributed by atoms with Crippen LogP contribution >= 0.6 is 11.3 Å². The number of rotatable bonds is 3. The molecular formula is C9H11NS. The van der Waals surface area contributed by atoms with Crippen LogP contribution < -0.4 is 0 Å². The van der Waals surface area contributed by atoms with Crippen LogP contribution in [-0.2, 0) is 6.42 Å². The van der Waals surface area contributed by atoms with Gasteiger partial charge in [-0.05, 0) is 12.5 Å². The number of nitrogens with zero attached hydrogens (tertiary/aromatic N) is 1. The fourth-order valence-electron chi connectivity index (χ4n) is 0.839. The van der Waals surface area contributed by atoms with Crippen LogP contribution in [0.4, 0.5) is 0 Å². The Kier molecular flexibility index (Phi) is 3.05. The Labute approximate surface area is 71.1 Å². The zero-order chi connectivity index (χ0) is 8.10. The first-order valence-electron chi connectivity index (χ1n) is 3.60. The van der Waals surface area contributed by atoms with Gasteiger partial charge in [0.05, 0.1) is 11.2 Å². The zero-order valence-corrected chi connectivity index (χ0v) is 7.40. The van der Waals surface area contributed by atoms with Crippen LogP contribution in [0, 0.1) is 0 Å². The molecule has 1 aromatic heterocycles. The summed E-state index contributed by atoms with van der Waals surface area (Å²) in [5.74, 6) is 0. The second-order valence-corrected chi connectivity index (χ2v) is 3.05. The van der Waals surface area contributed by atoms with Gasteiger partial charge in [0.2, 0.25) is 0 Å². The van der Waals surface area contributed by atoms with Gasteiger partial charge in [-0.15, -0.1) is 11.3 Å². The van der Waals surface area contributed by atoms with Crippen LogP contribution in [0.3, 0.4) is 0 Å². The zero-order valence-electron chi connectivity index (χ0n) is 6.58. The van der Waals surface area contributed by atoms with Gasteiger partial charge in [0.25, 0.3) is 0 Å². The van der Waals surface area contributed by atoms with Gasteiger partial charge in [0, 0.05) is 4.88 Å². The van der Waals surface area contributed by atoms with Gasteiger partial charge in [-0.1, -0.05) is 25.7 Å². The van der Waals surface area contributed by atoms with Crippen LogP contribution in [-0.4, -0.2) is 4.98 Å². The molecule has 0 aliphatic carbocycles. The van der Waals surface area contributed by atoms with Gasteiger partial charge >= 0.3 is 0 Å². The molecule has 0 unspecified atom stereocenters. The minimum atomic E-state index is 1.06. The van der Waals surface area contributed by atoms with Crippen LogP contribution in [0.25, 0.3) is 6.08 Å². The molecule has 0 radical (unpaired) electrons. The van der Waals surface area contributed by atoms with Crippen LogP contribution in [0.5, 0.6) is 0 Å². The van der Waals surface area contributed by atoms with Crippen molar-refractivity contribution in [3.8, 4) is 0 Å². The van der Waals surface area contributed by atoms with Crippen molar-refractivity contribution in [2.24, 2.45) is 0 Å². The standard InChI is InChI=1S/C9H11NS/c1-3-5-6-8-9(4-2)11-7-10-8/h3,5-7H,1,4H2,2H3/b6-5-. The van der Waals surface area contributed by atoms with E-state index < -0.39 is 0 Å². The topological polar surface area (TPSA) is 12.9 Å². The average Bonchev–Trinajstić information content (AvgIpc) is 2.47. The number of hydrogen-bond acceptors (Lipinski definition) is 2. The highest BCUT2D eigenvalue weighted by Gasteiger charge is 1.97. The highest BCUT2D eigenvalue weighted by atomic mass is 32.1. The fraction of sp³-hybridized carbons (Fsp3) is 0.222. The number of hydrogen-bond donors (Lipinski definition) is 0. The van der Waals surface area contributed by atoms with Crippen molar-refractivity contribution in [1.82, 2.24) is 4.98 Å². The van der Waals surface area contributed by atoms with Gasteiger partial charge in [0.15, 0.2) is 0 Å². The summed E-state index contributed by atoms with van der Waals surface area (Å²) in [5, 5.41) is 0. The molecule has 0 amide bonds. The summed E-state index contributed by atoms with van der Waals surface area (Å²) < 4.78 is 0. The number of thiazole rings is 1. The van der Waals surface area contributed by atoms with Crippen molar-refractivity contribution in [2.45, 2.75) is 13.3 Å². The molecule has 1 rings (SSSR count). The number of aryl methyl sites for hydroxylation is 1. The minimum absolute atomic E-state index is 1.06. The second kappa shape index (κ2) is 4.09. The maximum Gasteiger partial charge on any atom is 0.0801 e. The van der Waals surface area contributed by atoms with E-state index in [1.807, 2.05) is 17.7 Å². The maximum absolute atomic E-state index is 4.21. The van der Waals surface area contributed by atoms with E-state index >= 15 is 0 Å². The van der Waals surface area contributed by atoms with Crippen LogP contribution in [0.15, 0.2) is 24.2 Å². The first-order valence-corrected chi connectivity index (χ1v) is 4.48. The monoisotopic (exact) mass is 165 g/mol. The Morgan fingerprint density at radius 3 is 3.18 bits per heavy atom.